The maximum Gasteiger partial charge on any atom is 0.234 e. The topological polar surface area (TPSA) is 67.6 Å². The predicted molar refractivity (Wildman–Crippen MR) is 115 cm³/mol. The van der Waals surface area contributed by atoms with Gasteiger partial charge in [-0.15, -0.1) is 12.4 Å². The SMILES string of the molecule is Cl.NC[C@@H]1CN(CC(=O)NCCOc2cccc(Cl)c2)C[C@H]1c1ccccc1. The molecule has 1 aliphatic heterocycles. The maximum atomic E-state index is 12.2. The van der Waals surface area contributed by atoms with Gasteiger partial charge in [-0.2, -0.15) is 0 Å². The van der Waals surface area contributed by atoms with Crippen LogP contribution in [0.1, 0.15) is 11.5 Å². The van der Waals surface area contributed by atoms with E-state index in [1.54, 1.807) is 12.1 Å². The Labute approximate surface area is 177 Å². The number of nitrogens with one attached hydrogen (secondary N) is 1. The lowest BCUT2D eigenvalue weighted by atomic mass is 9.89. The van der Waals surface area contributed by atoms with Gasteiger partial charge >= 0.3 is 0 Å². The number of amides is 1. The Kier molecular flexibility index (Phi) is 9.06. The Bertz CT molecular complexity index is 745. The zero-order valence-corrected chi connectivity index (χ0v) is 17.3. The van der Waals surface area contributed by atoms with E-state index < -0.39 is 0 Å². The van der Waals surface area contributed by atoms with Crippen LogP contribution >= 0.6 is 24.0 Å². The Morgan fingerprint density at radius 3 is 2.68 bits per heavy atom. The van der Waals surface area contributed by atoms with Crippen molar-refractivity contribution in [2.45, 2.75) is 5.92 Å². The van der Waals surface area contributed by atoms with Crippen LogP contribution in [0.5, 0.6) is 5.75 Å². The minimum absolute atomic E-state index is 0. The van der Waals surface area contributed by atoms with Gasteiger partial charge in [-0.25, -0.2) is 0 Å². The normalized spacial score (nSPS) is 19.1. The van der Waals surface area contributed by atoms with E-state index in [4.69, 9.17) is 22.1 Å². The minimum Gasteiger partial charge on any atom is -0.492 e. The second-order valence-corrected chi connectivity index (χ2v) is 7.30. The highest BCUT2D eigenvalue weighted by Crippen LogP contribution is 2.31. The summed E-state index contributed by atoms with van der Waals surface area (Å²) in [6.07, 6.45) is 0. The molecule has 0 saturated carbocycles. The summed E-state index contributed by atoms with van der Waals surface area (Å²) in [5.41, 5.74) is 7.26. The predicted octanol–water partition coefficient (Wildman–Crippen LogP) is 2.93. The zero-order chi connectivity index (χ0) is 19.1. The maximum absolute atomic E-state index is 12.2. The Hall–Kier alpha value is -1.79. The van der Waals surface area contributed by atoms with Crippen LogP contribution in [0.25, 0.3) is 0 Å². The molecule has 28 heavy (non-hydrogen) atoms. The number of benzene rings is 2. The number of rotatable bonds is 8. The summed E-state index contributed by atoms with van der Waals surface area (Å²) < 4.78 is 5.59. The van der Waals surface area contributed by atoms with Crippen molar-refractivity contribution in [2.24, 2.45) is 11.7 Å². The fraction of sp³-hybridized carbons (Fsp3) is 0.381. The number of hydrogen-bond donors (Lipinski definition) is 2. The summed E-state index contributed by atoms with van der Waals surface area (Å²) in [7, 11) is 0. The molecule has 2 aromatic carbocycles. The van der Waals surface area contributed by atoms with Gasteiger partial charge < -0.3 is 15.8 Å². The number of nitrogens with two attached hydrogens (primary N) is 1. The van der Waals surface area contributed by atoms with Crippen LogP contribution < -0.4 is 15.8 Å². The minimum atomic E-state index is 0. The number of ether oxygens (including phenoxy) is 1. The number of hydrogen-bond acceptors (Lipinski definition) is 4. The molecule has 1 saturated heterocycles. The van der Waals surface area contributed by atoms with Crippen LogP contribution in [0.15, 0.2) is 54.6 Å². The van der Waals surface area contributed by atoms with Gasteiger partial charge in [0.15, 0.2) is 0 Å². The first kappa shape index (κ1) is 22.5. The van der Waals surface area contributed by atoms with Gasteiger partial charge in [0.1, 0.15) is 12.4 Å². The molecule has 2 atom stereocenters. The van der Waals surface area contributed by atoms with Crippen molar-refractivity contribution in [1.82, 2.24) is 10.2 Å². The van der Waals surface area contributed by atoms with Crippen LogP contribution in [0.2, 0.25) is 5.02 Å². The van der Waals surface area contributed by atoms with E-state index in [0.717, 1.165) is 13.1 Å². The quantitative estimate of drug-likeness (QED) is 0.640. The van der Waals surface area contributed by atoms with E-state index in [-0.39, 0.29) is 18.3 Å². The molecular weight excluding hydrogens is 397 g/mol. The molecule has 152 valence electrons. The fourth-order valence-electron chi connectivity index (χ4n) is 3.58. The van der Waals surface area contributed by atoms with E-state index >= 15 is 0 Å². The number of likely N-dealkylation sites (tertiary alicyclic amines) is 1. The summed E-state index contributed by atoms with van der Waals surface area (Å²) in [6, 6.07) is 17.6. The molecule has 2 aromatic rings. The lowest BCUT2D eigenvalue weighted by molar-refractivity contribution is -0.122. The average molecular weight is 424 g/mol. The fourth-order valence-corrected chi connectivity index (χ4v) is 3.76. The molecule has 0 aliphatic carbocycles. The molecule has 0 radical (unpaired) electrons. The second kappa shape index (κ2) is 11.3. The van der Waals surface area contributed by atoms with E-state index in [2.05, 4.69) is 34.5 Å². The molecule has 5 nitrogen and oxygen atoms in total. The highest BCUT2D eigenvalue weighted by atomic mass is 35.5. The van der Waals surface area contributed by atoms with E-state index in [9.17, 15) is 4.79 Å². The number of nitrogens with zero attached hydrogens (tertiary/aromatic N) is 1. The molecule has 3 N–H and O–H groups in total. The summed E-state index contributed by atoms with van der Waals surface area (Å²) in [5.74, 6) is 1.48. The van der Waals surface area contributed by atoms with Crippen molar-refractivity contribution >= 4 is 29.9 Å². The Morgan fingerprint density at radius 1 is 1.18 bits per heavy atom. The van der Waals surface area contributed by atoms with Gasteiger partial charge in [-0.3, -0.25) is 9.69 Å². The summed E-state index contributed by atoms with van der Waals surface area (Å²) in [4.78, 5) is 14.4. The van der Waals surface area contributed by atoms with Crippen molar-refractivity contribution in [2.75, 3.05) is 39.3 Å². The molecule has 0 aromatic heterocycles. The van der Waals surface area contributed by atoms with Crippen LogP contribution in [0.3, 0.4) is 0 Å². The highest BCUT2D eigenvalue weighted by Gasteiger charge is 2.33. The van der Waals surface area contributed by atoms with Crippen molar-refractivity contribution in [3.63, 3.8) is 0 Å². The van der Waals surface area contributed by atoms with E-state index in [1.807, 2.05) is 18.2 Å². The average Bonchev–Trinajstić information content (AvgIpc) is 3.09. The van der Waals surface area contributed by atoms with Gasteiger partial charge in [0.2, 0.25) is 5.91 Å². The number of halogens is 2. The molecular formula is C21H27Cl2N3O2. The van der Waals surface area contributed by atoms with Crippen LogP contribution in [-0.2, 0) is 4.79 Å². The molecule has 0 unspecified atom stereocenters. The molecule has 1 fully saturated rings. The smallest absolute Gasteiger partial charge is 0.234 e. The third-order valence-corrected chi connectivity index (χ3v) is 5.14. The first-order valence-electron chi connectivity index (χ1n) is 9.28. The third kappa shape index (κ3) is 6.38. The van der Waals surface area contributed by atoms with Gasteiger partial charge in [-0.05, 0) is 36.2 Å². The van der Waals surface area contributed by atoms with Crippen molar-refractivity contribution < 1.29 is 9.53 Å². The summed E-state index contributed by atoms with van der Waals surface area (Å²) in [6.45, 7) is 3.59. The highest BCUT2D eigenvalue weighted by molar-refractivity contribution is 6.30. The van der Waals surface area contributed by atoms with Gasteiger partial charge in [0.05, 0.1) is 13.1 Å². The van der Waals surface area contributed by atoms with Gasteiger partial charge in [0, 0.05) is 24.0 Å². The third-order valence-electron chi connectivity index (χ3n) is 4.90. The largest absolute Gasteiger partial charge is 0.492 e. The lowest BCUT2D eigenvalue weighted by Gasteiger charge is -2.16. The van der Waals surface area contributed by atoms with Gasteiger partial charge in [-0.1, -0.05) is 48.0 Å². The van der Waals surface area contributed by atoms with Gasteiger partial charge in [0.25, 0.3) is 0 Å². The van der Waals surface area contributed by atoms with Crippen LogP contribution in [0.4, 0.5) is 0 Å². The number of carbonyl (C=O) groups is 1. The summed E-state index contributed by atoms with van der Waals surface area (Å²) >= 11 is 5.92. The van der Waals surface area contributed by atoms with Crippen molar-refractivity contribution in [3.05, 3.63) is 65.2 Å². The molecule has 0 bridgehead atoms. The van der Waals surface area contributed by atoms with Crippen molar-refractivity contribution in [1.29, 1.82) is 0 Å². The summed E-state index contributed by atoms with van der Waals surface area (Å²) in [5, 5.41) is 3.54. The molecule has 7 heteroatoms. The zero-order valence-electron chi connectivity index (χ0n) is 15.7. The van der Waals surface area contributed by atoms with Crippen LogP contribution in [-0.4, -0.2) is 50.1 Å². The number of carbonyl (C=O) groups excluding carboxylic acids is 1. The Balaban J connectivity index is 0.00000280. The first-order chi connectivity index (χ1) is 13.2. The van der Waals surface area contributed by atoms with Crippen molar-refractivity contribution in [3.8, 4) is 5.75 Å². The monoisotopic (exact) mass is 423 g/mol. The molecule has 1 amide bonds. The van der Waals surface area contributed by atoms with E-state index in [0.29, 0.717) is 48.8 Å². The molecule has 1 aliphatic rings. The van der Waals surface area contributed by atoms with Crippen LogP contribution in [0, 0.1) is 5.92 Å². The molecule has 3 rings (SSSR count). The molecule has 0 spiro atoms. The lowest BCUT2D eigenvalue weighted by Crippen LogP contribution is -2.38. The Morgan fingerprint density at radius 2 is 1.96 bits per heavy atom. The molecule has 1 heterocycles. The standard InChI is InChI=1S/C21H26ClN3O2.ClH/c22-18-7-4-8-19(11-18)27-10-9-24-21(26)15-25-13-17(12-23)20(14-25)16-5-2-1-3-6-16;/h1-8,11,17,20H,9-10,12-15,23H2,(H,24,26);1H/t17-,20+;/m1./s1. The second-order valence-electron chi connectivity index (χ2n) is 6.86. The van der Waals surface area contributed by atoms with E-state index in [1.165, 1.54) is 5.56 Å². The first-order valence-corrected chi connectivity index (χ1v) is 9.66.